The lowest BCUT2D eigenvalue weighted by atomic mass is 10.1. The zero-order valence-corrected chi connectivity index (χ0v) is 35.1. The fourth-order valence-corrected chi connectivity index (χ4v) is 5.82. The Morgan fingerprint density at radius 1 is 0.679 bits per heavy atom. The number of nitrogens with one attached hydrogen (secondary N) is 1. The molecule has 0 radical (unpaired) electrons. The SMILES string of the molecule is CC/C=C\C/C=C\C/C=C\C/C=C\C/C=C\C/C=C\CCCCC(=O)NC(COP(=O)([O-])OCC[N+](C)(C)C)C(O)/C=C/CCCCCCCCCC. The number of aliphatic hydroxyl groups excluding tert-OH is 1. The normalized spacial score (nSPS) is 15.4. The molecule has 8 nitrogen and oxygen atoms in total. The summed E-state index contributed by atoms with van der Waals surface area (Å²) in [5, 5.41) is 13.7. The van der Waals surface area contributed by atoms with Crippen LogP contribution in [0.25, 0.3) is 0 Å². The number of carbonyl (C=O) groups excluding carboxylic acids is 1. The molecule has 0 rings (SSSR count). The molecule has 0 spiro atoms. The molecule has 2 N–H and O–H groups in total. The van der Waals surface area contributed by atoms with E-state index in [0.717, 1.165) is 70.6 Å². The average molecular weight is 761 g/mol. The lowest BCUT2D eigenvalue weighted by molar-refractivity contribution is -0.870. The molecule has 0 aliphatic rings. The minimum absolute atomic E-state index is 0.0148. The zero-order valence-electron chi connectivity index (χ0n) is 34.2. The fourth-order valence-electron chi connectivity index (χ4n) is 5.09. The first-order valence-electron chi connectivity index (χ1n) is 20.4. The Balaban J connectivity index is 4.53. The van der Waals surface area contributed by atoms with Gasteiger partial charge >= 0.3 is 0 Å². The Labute approximate surface area is 325 Å². The van der Waals surface area contributed by atoms with Crippen molar-refractivity contribution >= 4 is 13.7 Å². The van der Waals surface area contributed by atoms with E-state index in [1.54, 1.807) is 6.08 Å². The summed E-state index contributed by atoms with van der Waals surface area (Å²) >= 11 is 0. The molecule has 0 fully saturated rings. The highest BCUT2D eigenvalue weighted by molar-refractivity contribution is 7.45. The number of nitrogens with zero attached hydrogens (tertiary/aromatic N) is 1. The predicted molar refractivity (Wildman–Crippen MR) is 223 cm³/mol. The first-order chi connectivity index (χ1) is 25.5. The van der Waals surface area contributed by atoms with E-state index in [0.29, 0.717) is 17.4 Å². The Bertz CT molecular complexity index is 1140. The zero-order chi connectivity index (χ0) is 39.3. The van der Waals surface area contributed by atoms with Gasteiger partial charge in [0.25, 0.3) is 7.82 Å². The molecule has 0 saturated heterocycles. The van der Waals surface area contributed by atoms with Gasteiger partial charge in [0.15, 0.2) is 0 Å². The number of rotatable bonds is 35. The number of carbonyl (C=O) groups is 1. The van der Waals surface area contributed by atoms with Crippen molar-refractivity contribution in [3.63, 3.8) is 0 Å². The van der Waals surface area contributed by atoms with Gasteiger partial charge in [0.05, 0.1) is 39.9 Å². The third-order valence-corrected chi connectivity index (χ3v) is 9.33. The standard InChI is InChI=1S/C44H77N2O6P/c1-6-8-10-12-14-16-18-19-20-21-22-23-24-25-26-27-28-30-32-34-36-38-44(48)45-42(41-52-53(49,50)51-40-39-46(3,4)5)43(47)37-35-33-31-29-17-15-13-11-9-7-2/h8,10,14,16,19-20,22-23,25-26,28,30,35,37,42-43,47H,6-7,9,11-13,15,17-18,21,24,27,29,31-34,36,38-41H2,1-5H3,(H-,45,48,49,50)/b10-8-,16-14-,20-19-,23-22-,26-25-,30-28-,37-35+. The van der Waals surface area contributed by atoms with Gasteiger partial charge in [0.1, 0.15) is 13.2 Å². The van der Waals surface area contributed by atoms with Gasteiger partial charge in [0, 0.05) is 6.42 Å². The molecule has 53 heavy (non-hydrogen) atoms. The van der Waals surface area contributed by atoms with E-state index in [1.807, 2.05) is 27.2 Å². The van der Waals surface area contributed by atoms with Gasteiger partial charge in [-0.2, -0.15) is 0 Å². The van der Waals surface area contributed by atoms with Crippen LogP contribution in [-0.2, 0) is 18.4 Å². The van der Waals surface area contributed by atoms with Crippen LogP contribution in [0.2, 0.25) is 0 Å². The number of phosphoric ester groups is 1. The molecular weight excluding hydrogens is 683 g/mol. The van der Waals surface area contributed by atoms with E-state index in [9.17, 15) is 19.4 Å². The van der Waals surface area contributed by atoms with Gasteiger partial charge in [0.2, 0.25) is 5.91 Å². The number of allylic oxidation sites excluding steroid dienone is 13. The summed E-state index contributed by atoms with van der Waals surface area (Å²) in [6, 6.07) is -0.912. The maximum atomic E-state index is 12.8. The minimum Gasteiger partial charge on any atom is -0.756 e. The van der Waals surface area contributed by atoms with Crippen molar-refractivity contribution in [3.8, 4) is 0 Å². The Morgan fingerprint density at radius 2 is 1.15 bits per heavy atom. The lowest BCUT2D eigenvalue weighted by Crippen LogP contribution is -2.45. The van der Waals surface area contributed by atoms with Crippen LogP contribution in [0.4, 0.5) is 0 Å². The first-order valence-corrected chi connectivity index (χ1v) is 21.9. The molecule has 0 bridgehead atoms. The molecule has 3 unspecified atom stereocenters. The number of quaternary nitrogens is 1. The second kappa shape index (κ2) is 35.4. The monoisotopic (exact) mass is 761 g/mol. The number of unbranched alkanes of at least 4 members (excludes halogenated alkanes) is 10. The number of hydrogen-bond acceptors (Lipinski definition) is 6. The summed E-state index contributed by atoms with van der Waals surface area (Å²) in [6.45, 7) is 4.43. The molecule has 0 heterocycles. The van der Waals surface area contributed by atoms with E-state index < -0.39 is 26.6 Å². The van der Waals surface area contributed by atoms with E-state index in [2.05, 4.69) is 92.1 Å². The second-order valence-corrected chi connectivity index (χ2v) is 16.0. The van der Waals surface area contributed by atoms with Gasteiger partial charge in [-0.1, -0.05) is 144 Å². The van der Waals surface area contributed by atoms with Crippen LogP contribution in [0.5, 0.6) is 0 Å². The minimum atomic E-state index is -4.60. The van der Waals surface area contributed by atoms with Crippen LogP contribution in [-0.4, -0.2) is 68.5 Å². The maximum absolute atomic E-state index is 12.8. The number of amides is 1. The fraction of sp³-hybridized carbons (Fsp3) is 0.659. The smallest absolute Gasteiger partial charge is 0.268 e. The highest BCUT2D eigenvalue weighted by Gasteiger charge is 2.23. The van der Waals surface area contributed by atoms with Crippen molar-refractivity contribution in [1.82, 2.24) is 5.32 Å². The molecular formula is C44H77N2O6P. The topological polar surface area (TPSA) is 108 Å². The number of aliphatic hydroxyl groups is 1. The quantitative estimate of drug-likeness (QED) is 0.0288. The summed E-state index contributed by atoms with van der Waals surface area (Å²) < 4.78 is 23.1. The molecule has 9 heteroatoms. The van der Waals surface area contributed by atoms with Gasteiger partial charge in [-0.25, -0.2) is 0 Å². The van der Waals surface area contributed by atoms with Gasteiger partial charge in [-0.3, -0.25) is 9.36 Å². The van der Waals surface area contributed by atoms with E-state index >= 15 is 0 Å². The van der Waals surface area contributed by atoms with Gasteiger partial charge in [-0.15, -0.1) is 0 Å². The number of hydrogen-bond donors (Lipinski definition) is 2. The van der Waals surface area contributed by atoms with Gasteiger partial charge in [-0.05, 0) is 70.6 Å². The second-order valence-electron chi connectivity index (χ2n) is 14.6. The predicted octanol–water partition coefficient (Wildman–Crippen LogP) is 10.4. The lowest BCUT2D eigenvalue weighted by Gasteiger charge is -2.29. The Hall–Kier alpha value is -2.32. The highest BCUT2D eigenvalue weighted by Crippen LogP contribution is 2.38. The van der Waals surface area contributed by atoms with E-state index in [1.165, 1.54) is 38.5 Å². The first kappa shape index (κ1) is 50.7. The van der Waals surface area contributed by atoms with Crippen molar-refractivity contribution in [2.24, 2.45) is 0 Å². The number of phosphoric acid groups is 1. The van der Waals surface area contributed by atoms with E-state index in [4.69, 9.17) is 9.05 Å². The molecule has 0 aromatic carbocycles. The van der Waals surface area contributed by atoms with Crippen molar-refractivity contribution in [2.45, 2.75) is 148 Å². The molecule has 304 valence electrons. The summed E-state index contributed by atoms with van der Waals surface area (Å²) in [5.74, 6) is -0.247. The molecule has 3 atom stereocenters. The van der Waals surface area contributed by atoms with Crippen LogP contribution in [0.3, 0.4) is 0 Å². The van der Waals surface area contributed by atoms with Crippen LogP contribution in [0.15, 0.2) is 85.1 Å². The van der Waals surface area contributed by atoms with Gasteiger partial charge < -0.3 is 28.8 Å². The summed E-state index contributed by atoms with van der Waals surface area (Å²) in [5.41, 5.74) is 0. The third-order valence-electron chi connectivity index (χ3n) is 8.36. The molecule has 0 aromatic rings. The molecule has 0 aromatic heterocycles. The van der Waals surface area contributed by atoms with Crippen LogP contribution in [0, 0.1) is 0 Å². The number of likely N-dealkylation sites (N-methyl/N-ethyl adjacent to an activating group) is 1. The summed E-state index contributed by atoms with van der Waals surface area (Å²) in [7, 11) is 1.21. The van der Waals surface area contributed by atoms with Crippen molar-refractivity contribution in [3.05, 3.63) is 85.1 Å². The summed E-state index contributed by atoms with van der Waals surface area (Å²) in [4.78, 5) is 25.2. The van der Waals surface area contributed by atoms with E-state index in [-0.39, 0.29) is 18.9 Å². The highest BCUT2D eigenvalue weighted by atomic mass is 31.2. The molecule has 0 aliphatic carbocycles. The summed E-state index contributed by atoms with van der Waals surface area (Å²) in [6.07, 6.45) is 47.8. The molecule has 0 aliphatic heterocycles. The Kier molecular flexibility index (Phi) is 33.8. The largest absolute Gasteiger partial charge is 0.756 e. The van der Waals surface area contributed by atoms with Crippen LogP contribution < -0.4 is 10.2 Å². The molecule has 1 amide bonds. The third kappa shape index (κ3) is 37.8. The maximum Gasteiger partial charge on any atom is 0.268 e. The average Bonchev–Trinajstić information content (AvgIpc) is 3.10. The van der Waals surface area contributed by atoms with Crippen molar-refractivity contribution in [1.29, 1.82) is 0 Å². The Morgan fingerprint density at radius 3 is 1.68 bits per heavy atom. The van der Waals surface area contributed by atoms with Crippen LogP contribution in [0.1, 0.15) is 136 Å². The van der Waals surface area contributed by atoms with Crippen molar-refractivity contribution < 1.29 is 32.9 Å². The van der Waals surface area contributed by atoms with Crippen molar-refractivity contribution in [2.75, 3.05) is 40.9 Å². The molecule has 0 saturated carbocycles. The van der Waals surface area contributed by atoms with Crippen LogP contribution >= 0.6 is 7.82 Å².